The summed E-state index contributed by atoms with van der Waals surface area (Å²) in [7, 11) is 0. The van der Waals surface area contributed by atoms with Crippen LogP contribution in [0.1, 0.15) is 0 Å². The highest BCUT2D eigenvalue weighted by Gasteiger charge is 2.52. The fourth-order valence-electron chi connectivity index (χ4n) is 3.16. The maximum absolute atomic E-state index is 13.1. The molecule has 7 heteroatoms. The molecule has 3 nitrogen and oxygen atoms in total. The van der Waals surface area contributed by atoms with E-state index in [4.69, 9.17) is 0 Å². The number of para-hydroxylation sites is 1. The quantitative estimate of drug-likeness (QED) is 0.564. The van der Waals surface area contributed by atoms with Crippen LogP contribution in [0, 0.1) is 11.8 Å². The van der Waals surface area contributed by atoms with Gasteiger partial charge in [0.2, 0.25) is 11.8 Å². The van der Waals surface area contributed by atoms with Crippen molar-refractivity contribution in [1.82, 2.24) is 0 Å². The second-order valence-electron chi connectivity index (χ2n) is 5.51. The summed E-state index contributed by atoms with van der Waals surface area (Å²) >= 11 is 10.3. The van der Waals surface area contributed by atoms with Gasteiger partial charge in [0.1, 0.15) is 0 Å². The van der Waals surface area contributed by atoms with Gasteiger partial charge in [0.05, 0.1) is 17.5 Å². The molecule has 0 aliphatic carbocycles. The van der Waals surface area contributed by atoms with Gasteiger partial charge in [-0.05, 0) is 44.0 Å². The molecule has 1 aromatic rings. The molecule has 3 heterocycles. The zero-order valence-electron chi connectivity index (χ0n) is 11.7. The van der Waals surface area contributed by atoms with Crippen molar-refractivity contribution in [3.05, 3.63) is 50.1 Å². The Hall–Kier alpha value is -0.500. The first-order valence-electron chi connectivity index (χ1n) is 7.07. The van der Waals surface area contributed by atoms with Crippen LogP contribution in [0.4, 0.5) is 5.69 Å². The highest BCUT2D eigenvalue weighted by atomic mass is 79.9. The summed E-state index contributed by atoms with van der Waals surface area (Å²) in [6.07, 6.45) is 3.88. The van der Waals surface area contributed by atoms with Crippen molar-refractivity contribution in [2.45, 2.75) is 10.5 Å². The number of halogens is 2. The van der Waals surface area contributed by atoms with Crippen molar-refractivity contribution in [2.75, 3.05) is 4.90 Å². The summed E-state index contributed by atoms with van der Waals surface area (Å²) < 4.78 is 1.95. The second-order valence-corrected chi connectivity index (χ2v) is 10.7. The molecule has 4 rings (SSSR count). The molecular weight excluding hydrogens is 462 g/mol. The minimum Gasteiger partial charge on any atom is -0.273 e. The van der Waals surface area contributed by atoms with Gasteiger partial charge >= 0.3 is 0 Å². The summed E-state index contributed by atoms with van der Waals surface area (Å²) in [4.78, 5) is 27.5. The van der Waals surface area contributed by atoms with E-state index in [1.807, 2.05) is 42.5 Å². The molecule has 0 saturated carbocycles. The summed E-state index contributed by atoms with van der Waals surface area (Å²) in [6.45, 7) is 0. The predicted octanol–water partition coefficient (Wildman–Crippen LogP) is 4.50. The molecule has 118 valence electrons. The van der Waals surface area contributed by atoms with Gasteiger partial charge in [-0.15, -0.1) is 23.5 Å². The Morgan fingerprint density at radius 1 is 0.826 bits per heavy atom. The van der Waals surface area contributed by atoms with Crippen LogP contribution >= 0.6 is 55.4 Å². The topological polar surface area (TPSA) is 37.4 Å². The lowest BCUT2D eigenvalue weighted by Gasteiger charge is -2.22. The Balaban J connectivity index is 1.83. The van der Waals surface area contributed by atoms with Gasteiger partial charge in [0.15, 0.2) is 0 Å². The lowest BCUT2D eigenvalue weighted by molar-refractivity contribution is -0.127. The van der Waals surface area contributed by atoms with E-state index in [0.717, 1.165) is 7.63 Å². The largest absolute Gasteiger partial charge is 0.273 e. The molecule has 4 atom stereocenters. The maximum atomic E-state index is 13.1. The molecule has 3 aliphatic rings. The van der Waals surface area contributed by atoms with Gasteiger partial charge in [0, 0.05) is 18.1 Å². The van der Waals surface area contributed by atoms with E-state index in [-0.39, 0.29) is 34.2 Å². The van der Waals surface area contributed by atoms with Crippen molar-refractivity contribution >= 4 is 72.9 Å². The fourth-order valence-corrected chi connectivity index (χ4v) is 7.62. The van der Waals surface area contributed by atoms with Crippen LogP contribution in [0.5, 0.6) is 0 Å². The summed E-state index contributed by atoms with van der Waals surface area (Å²) in [5, 5.41) is 0.131. The standard InChI is InChI=1S/C16H11Br2NO2S2/c17-11-6-9-13(22-11)14-10(7-12(18)23-14)16(21)19(15(9)20)8-4-2-1-3-5-8/h1-7,9-10,13-14H. The number of benzene rings is 1. The third-order valence-corrected chi connectivity index (χ3v) is 8.44. The molecule has 2 amide bonds. The van der Waals surface area contributed by atoms with E-state index in [1.54, 1.807) is 23.5 Å². The van der Waals surface area contributed by atoms with Crippen molar-refractivity contribution in [3.8, 4) is 0 Å². The monoisotopic (exact) mass is 471 g/mol. The molecule has 1 saturated heterocycles. The maximum Gasteiger partial charge on any atom is 0.241 e. The molecule has 0 bridgehead atoms. The van der Waals surface area contributed by atoms with E-state index in [9.17, 15) is 9.59 Å². The SMILES string of the molecule is O=C1C2C=C(Br)SC2C2SC(Br)=CC2C(=O)N1c1ccccc1. The van der Waals surface area contributed by atoms with Crippen LogP contribution in [0.15, 0.2) is 50.1 Å². The van der Waals surface area contributed by atoms with Crippen LogP contribution in [-0.4, -0.2) is 22.3 Å². The minimum atomic E-state index is -0.284. The number of hydrogen-bond donors (Lipinski definition) is 0. The van der Waals surface area contributed by atoms with Crippen LogP contribution < -0.4 is 4.90 Å². The smallest absolute Gasteiger partial charge is 0.241 e. The van der Waals surface area contributed by atoms with Gasteiger partial charge in [-0.3, -0.25) is 9.59 Å². The number of imide groups is 1. The molecule has 1 fully saturated rings. The van der Waals surface area contributed by atoms with Gasteiger partial charge in [-0.2, -0.15) is 0 Å². The Morgan fingerprint density at radius 2 is 1.30 bits per heavy atom. The molecule has 4 unspecified atom stereocenters. The molecule has 3 aliphatic heterocycles. The average Bonchev–Trinajstić information content (AvgIpc) is 3.09. The van der Waals surface area contributed by atoms with Crippen LogP contribution in [-0.2, 0) is 9.59 Å². The van der Waals surface area contributed by atoms with Gasteiger partial charge in [-0.25, -0.2) is 4.90 Å². The van der Waals surface area contributed by atoms with E-state index in [1.165, 1.54) is 4.90 Å². The number of thioether (sulfide) groups is 2. The Kier molecular flexibility index (Phi) is 4.24. The first-order chi connectivity index (χ1) is 11.1. The highest BCUT2D eigenvalue weighted by Crippen LogP contribution is 2.54. The average molecular weight is 473 g/mol. The molecule has 0 N–H and O–H groups in total. The minimum absolute atomic E-state index is 0.0656. The van der Waals surface area contributed by atoms with Crippen LogP contribution in [0.2, 0.25) is 0 Å². The van der Waals surface area contributed by atoms with E-state index >= 15 is 0 Å². The van der Waals surface area contributed by atoms with Crippen molar-refractivity contribution in [1.29, 1.82) is 0 Å². The second kappa shape index (κ2) is 6.10. The summed E-state index contributed by atoms with van der Waals surface area (Å²) in [5.74, 6) is -0.832. The Labute approximate surface area is 159 Å². The molecule has 0 aromatic heterocycles. The number of carbonyl (C=O) groups is 2. The number of rotatable bonds is 1. The predicted molar refractivity (Wildman–Crippen MR) is 103 cm³/mol. The molecule has 1 aromatic carbocycles. The zero-order chi connectivity index (χ0) is 16.1. The third-order valence-electron chi connectivity index (χ3n) is 4.18. The lowest BCUT2D eigenvalue weighted by atomic mass is 9.96. The van der Waals surface area contributed by atoms with E-state index in [0.29, 0.717) is 5.69 Å². The van der Waals surface area contributed by atoms with Gasteiger partial charge in [0.25, 0.3) is 0 Å². The van der Waals surface area contributed by atoms with Crippen molar-refractivity contribution in [2.24, 2.45) is 11.8 Å². The van der Waals surface area contributed by atoms with E-state index < -0.39 is 0 Å². The Bertz CT molecular complexity index is 706. The normalized spacial score (nSPS) is 33.0. The lowest BCUT2D eigenvalue weighted by Crippen LogP contribution is -2.41. The number of nitrogens with zero attached hydrogens (tertiary/aromatic N) is 1. The molecule has 0 radical (unpaired) electrons. The van der Waals surface area contributed by atoms with Gasteiger partial charge < -0.3 is 0 Å². The number of anilines is 1. The highest BCUT2D eigenvalue weighted by molar-refractivity contribution is 9.14. The summed E-state index contributed by atoms with van der Waals surface area (Å²) in [6, 6.07) is 9.20. The van der Waals surface area contributed by atoms with Gasteiger partial charge in [-0.1, -0.05) is 30.4 Å². The van der Waals surface area contributed by atoms with Crippen molar-refractivity contribution < 1.29 is 9.59 Å². The first kappa shape index (κ1) is 16.0. The summed E-state index contributed by atoms with van der Waals surface area (Å²) in [5.41, 5.74) is 0.643. The van der Waals surface area contributed by atoms with Crippen molar-refractivity contribution in [3.63, 3.8) is 0 Å². The molecule has 23 heavy (non-hydrogen) atoms. The molecule has 0 spiro atoms. The first-order valence-corrected chi connectivity index (χ1v) is 10.4. The van der Waals surface area contributed by atoms with E-state index in [2.05, 4.69) is 31.9 Å². The Morgan fingerprint density at radius 3 is 1.78 bits per heavy atom. The number of carbonyl (C=O) groups excluding carboxylic acids is 2. The number of hydrogen-bond acceptors (Lipinski definition) is 4. The van der Waals surface area contributed by atoms with Crippen LogP contribution in [0.3, 0.4) is 0 Å². The molecular formula is C16H11Br2NO2S2. The van der Waals surface area contributed by atoms with Crippen LogP contribution in [0.25, 0.3) is 0 Å². The zero-order valence-corrected chi connectivity index (χ0v) is 16.5. The number of amides is 2. The fraction of sp³-hybridized carbons (Fsp3) is 0.250. The third kappa shape index (κ3) is 2.65. The number of fused-ring (bicyclic) bond motifs is 3.